The molecule has 2 aromatic rings. The second kappa shape index (κ2) is 6.53. The Kier molecular flexibility index (Phi) is 4.74. The van der Waals surface area contributed by atoms with E-state index in [1.807, 2.05) is 42.5 Å². The smallest absolute Gasteiger partial charge is 0.252 e. The predicted octanol–water partition coefficient (Wildman–Crippen LogP) is 2.98. The van der Waals surface area contributed by atoms with Crippen molar-refractivity contribution in [2.24, 2.45) is 5.92 Å². The molecule has 0 fully saturated rings. The Labute approximate surface area is 119 Å². The van der Waals surface area contributed by atoms with Crippen molar-refractivity contribution in [3.63, 3.8) is 0 Å². The maximum Gasteiger partial charge on any atom is 0.252 e. The van der Waals surface area contributed by atoms with Gasteiger partial charge in [0.25, 0.3) is 5.91 Å². The molecule has 2 aromatic carbocycles. The molecule has 1 amide bonds. The predicted molar refractivity (Wildman–Crippen MR) is 81.7 cm³/mol. The molecule has 106 valence electrons. The van der Waals surface area contributed by atoms with Gasteiger partial charge in [0.1, 0.15) is 0 Å². The molecule has 0 saturated heterocycles. The zero-order chi connectivity index (χ0) is 14.5. The Morgan fingerprint density at radius 1 is 1.15 bits per heavy atom. The number of fused-ring (bicyclic) bond motifs is 1. The van der Waals surface area contributed by atoms with Crippen molar-refractivity contribution in [2.45, 2.75) is 26.4 Å². The number of rotatable bonds is 5. The van der Waals surface area contributed by atoms with Gasteiger partial charge < -0.3 is 10.4 Å². The van der Waals surface area contributed by atoms with Crippen LogP contribution < -0.4 is 5.32 Å². The molecular formula is C17H21NO2. The molecule has 3 nitrogen and oxygen atoms in total. The summed E-state index contributed by atoms with van der Waals surface area (Å²) in [7, 11) is 0. The average molecular weight is 271 g/mol. The largest absolute Gasteiger partial charge is 0.391 e. The first-order chi connectivity index (χ1) is 9.58. The third-order valence-corrected chi connectivity index (χ3v) is 3.28. The second-order valence-corrected chi connectivity index (χ2v) is 5.52. The number of carbonyl (C=O) groups is 1. The van der Waals surface area contributed by atoms with Gasteiger partial charge in [0.15, 0.2) is 0 Å². The van der Waals surface area contributed by atoms with Gasteiger partial charge in [0.2, 0.25) is 0 Å². The normalized spacial score (nSPS) is 12.6. The maximum absolute atomic E-state index is 12.2. The first-order valence-electron chi connectivity index (χ1n) is 7.02. The van der Waals surface area contributed by atoms with Crippen LogP contribution in [-0.2, 0) is 0 Å². The van der Waals surface area contributed by atoms with E-state index in [-0.39, 0.29) is 5.91 Å². The van der Waals surface area contributed by atoms with Gasteiger partial charge in [-0.3, -0.25) is 4.79 Å². The van der Waals surface area contributed by atoms with Gasteiger partial charge in [-0.1, -0.05) is 50.2 Å². The molecule has 20 heavy (non-hydrogen) atoms. The van der Waals surface area contributed by atoms with Gasteiger partial charge in [-0.25, -0.2) is 0 Å². The standard InChI is InChI=1S/C17H21NO2/c1-12(2)10-14(19)11-18-17(20)16-9-5-7-13-6-3-4-8-15(13)16/h3-9,12,14,19H,10-11H2,1-2H3,(H,18,20). The average Bonchev–Trinajstić information content (AvgIpc) is 2.43. The van der Waals surface area contributed by atoms with Crippen LogP contribution in [0.5, 0.6) is 0 Å². The van der Waals surface area contributed by atoms with E-state index in [0.717, 1.165) is 10.8 Å². The van der Waals surface area contributed by atoms with Crippen LogP contribution in [0.15, 0.2) is 42.5 Å². The van der Waals surface area contributed by atoms with Crippen molar-refractivity contribution in [1.82, 2.24) is 5.32 Å². The lowest BCUT2D eigenvalue weighted by Gasteiger charge is -2.14. The van der Waals surface area contributed by atoms with E-state index in [0.29, 0.717) is 24.4 Å². The van der Waals surface area contributed by atoms with Crippen molar-refractivity contribution in [3.8, 4) is 0 Å². The van der Waals surface area contributed by atoms with Gasteiger partial charge in [0.05, 0.1) is 6.10 Å². The highest BCUT2D eigenvalue weighted by molar-refractivity contribution is 6.06. The Hall–Kier alpha value is -1.87. The summed E-state index contributed by atoms with van der Waals surface area (Å²) in [5.41, 5.74) is 0.653. The molecule has 0 aliphatic heterocycles. The van der Waals surface area contributed by atoms with Crippen LogP contribution >= 0.6 is 0 Å². The summed E-state index contributed by atoms with van der Waals surface area (Å²) >= 11 is 0. The van der Waals surface area contributed by atoms with Crippen molar-refractivity contribution in [2.75, 3.05) is 6.54 Å². The molecule has 1 atom stereocenters. The van der Waals surface area contributed by atoms with Crippen LogP contribution in [0.4, 0.5) is 0 Å². The van der Waals surface area contributed by atoms with Gasteiger partial charge >= 0.3 is 0 Å². The topological polar surface area (TPSA) is 49.3 Å². The zero-order valence-electron chi connectivity index (χ0n) is 12.0. The minimum absolute atomic E-state index is 0.135. The number of amides is 1. The fourth-order valence-corrected chi connectivity index (χ4v) is 2.36. The summed E-state index contributed by atoms with van der Waals surface area (Å²) in [6.07, 6.45) is 0.199. The highest BCUT2D eigenvalue weighted by atomic mass is 16.3. The van der Waals surface area contributed by atoms with Crippen molar-refractivity contribution in [1.29, 1.82) is 0 Å². The van der Waals surface area contributed by atoms with E-state index in [2.05, 4.69) is 19.2 Å². The third kappa shape index (κ3) is 3.58. The van der Waals surface area contributed by atoms with Gasteiger partial charge in [-0.05, 0) is 29.2 Å². The molecule has 1 unspecified atom stereocenters. The van der Waals surface area contributed by atoms with Crippen molar-refractivity contribution >= 4 is 16.7 Å². The first kappa shape index (κ1) is 14.5. The lowest BCUT2D eigenvalue weighted by Crippen LogP contribution is -2.32. The molecule has 0 radical (unpaired) electrons. The lowest BCUT2D eigenvalue weighted by atomic mass is 10.0. The first-order valence-corrected chi connectivity index (χ1v) is 7.02. The number of benzene rings is 2. The fourth-order valence-electron chi connectivity index (χ4n) is 2.36. The van der Waals surface area contributed by atoms with Crippen LogP contribution in [0.2, 0.25) is 0 Å². The third-order valence-electron chi connectivity index (χ3n) is 3.28. The minimum atomic E-state index is -0.492. The van der Waals surface area contributed by atoms with E-state index in [9.17, 15) is 9.90 Å². The maximum atomic E-state index is 12.2. The summed E-state index contributed by atoms with van der Waals surface area (Å²) < 4.78 is 0. The molecular weight excluding hydrogens is 250 g/mol. The minimum Gasteiger partial charge on any atom is -0.391 e. The summed E-state index contributed by atoms with van der Waals surface area (Å²) in [5, 5.41) is 14.6. The van der Waals surface area contributed by atoms with E-state index >= 15 is 0 Å². The Bertz CT molecular complexity index is 587. The zero-order valence-corrected chi connectivity index (χ0v) is 12.0. The number of hydrogen-bond donors (Lipinski definition) is 2. The Balaban J connectivity index is 2.08. The Morgan fingerprint density at radius 3 is 2.60 bits per heavy atom. The molecule has 0 aliphatic rings. The molecule has 3 heteroatoms. The molecule has 0 heterocycles. The van der Waals surface area contributed by atoms with Crippen LogP contribution in [0, 0.1) is 5.92 Å². The molecule has 0 spiro atoms. The van der Waals surface area contributed by atoms with E-state index < -0.39 is 6.10 Å². The number of hydrogen-bond acceptors (Lipinski definition) is 2. The van der Waals surface area contributed by atoms with Crippen LogP contribution in [-0.4, -0.2) is 23.7 Å². The summed E-state index contributed by atoms with van der Waals surface area (Å²) in [4.78, 5) is 12.2. The summed E-state index contributed by atoms with van der Waals surface area (Å²) in [6, 6.07) is 13.5. The highest BCUT2D eigenvalue weighted by Crippen LogP contribution is 2.18. The molecule has 0 aromatic heterocycles. The van der Waals surface area contributed by atoms with Crippen LogP contribution in [0.25, 0.3) is 10.8 Å². The number of aliphatic hydroxyl groups excluding tert-OH is 1. The van der Waals surface area contributed by atoms with Crippen molar-refractivity contribution in [3.05, 3.63) is 48.0 Å². The van der Waals surface area contributed by atoms with Gasteiger partial charge in [-0.15, -0.1) is 0 Å². The second-order valence-electron chi connectivity index (χ2n) is 5.52. The molecule has 2 N–H and O–H groups in total. The molecule has 0 bridgehead atoms. The summed E-state index contributed by atoms with van der Waals surface area (Å²) in [6.45, 7) is 4.39. The molecule has 0 aliphatic carbocycles. The van der Waals surface area contributed by atoms with Gasteiger partial charge in [-0.2, -0.15) is 0 Å². The van der Waals surface area contributed by atoms with Crippen LogP contribution in [0.3, 0.4) is 0 Å². The summed E-state index contributed by atoms with van der Waals surface area (Å²) in [5.74, 6) is 0.282. The number of nitrogens with one attached hydrogen (secondary N) is 1. The number of carbonyl (C=O) groups excluding carboxylic acids is 1. The lowest BCUT2D eigenvalue weighted by molar-refractivity contribution is 0.0902. The van der Waals surface area contributed by atoms with E-state index in [4.69, 9.17) is 0 Å². The van der Waals surface area contributed by atoms with Gasteiger partial charge in [0, 0.05) is 12.1 Å². The Morgan fingerprint density at radius 2 is 1.85 bits per heavy atom. The quantitative estimate of drug-likeness (QED) is 0.878. The highest BCUT2D eigenvalue weighted by Gasteiger charge is 2.12. The molecule has 2 rings (SSSR count). The van der Waals surface area contributed by atoms with E-state index in [1.165, 1.54) is 0 Å². The van der Waals surface area contributed by atoms with E-state index in [1.54, 1.807) is 0 Å². The molecule has 0 saturated carbocycles. The van der Waals surface area contributed by atoms with Crippen molar-refractivity contribution < 1.29 is 9.90 Å². The number of aliphatic hydroxyl groups is 1. The van der Waals surface area contributed by atoms with Crippen LogP contribution in [0.1, 0.15) is 30.6 Å². The SMILES string of the molecule is CC(C)CC(O)CNC(=O)c1cccc2ccccc12. The monoisotopic (exact) mass is 271 g/mol. The fraction of sp³-hybridized carbons (Fsp3) is 0.353.